The number of carbonyl (C=O) groups is 4. The van der Waals surface area contributed by atoms with E-state index in [4.69, 9.17) is 88.6 Å². The molecule has 3 heterocycles. The van der Waals surface area contributed by atoms with Gasteiger partial charge in [-0.05, 0) is 66.7 Å². The van der Waals surface area contributed by atoms with Crippen molar-refractivity contribution < 1.29 is 38.1 Å². The van der Waals surface area contributed by atoms with Gasteiger partial charge in [0.25, 0.3) is 5.91 Å². The molecule has 2 aromatic heterocycles. The van der Waals surface area contributed by atoms with Crippen molar-refractivity contribution in [1.29, 1.82) is 0 Å². The topological polar surface area (TPSA) is 161 Å². The van der Waals surface area contributed by atoms with E-state index in [9.17, 15) is 19.2 Å². The minimum Gasteiger partial charge on any atom is -0.459 e. The number of imidazole rings is 1. The molecule has 4 atom stereocenters. The molecule has 1 aliphatic heterocycles. The van der Waals surface area contributed by atoms with Crippen molar-refractivity contribution in [3.8, 4) is 0 Å². The van der Waals surface area contributed by atoms with Crippen LogP contribution in [0.25, 0.3) is 11.2 Å². The van der Waals surface area contributed by atoms with Crippen molar-refractivity contribution in [3.63, 3.8) is 0 Å². The van der Waals surface area contributed by atoms with Gasteiger partial charge >= 0.3 is 17.9 Å². The second kappa shape index (κ2) is 17.2. The van der Waals surface area contributed by atoms with E-state index in [-0.39, 0.29) is 63.8 Å². The summed E-state index contributed by atoms with van der Waals surface area (Å²) in [7, 11) is 0. The molecule has 1 aliphatic rings. The van der Waals surface area contributed by atoms with Crippen LogP contribution in [0.5, 0.6) is 0 Å². The van der Waals surface area contributed by atoms with Gasteiger partial charge in [-0.3, -0.25) is 9.36 Å². The molecular formula is C38H23Cl6N5O8. The summed E-state index contributed by atoms with van der Waals surface area (Å²) in [4.78, 5) is 67.0. The monoisotopic (exact) mass is 887 g/mol. The molecule has 0 saturated carbocycles. The Bertz CT molecular complexity index is 2540. The molecule has 57 heavy (non-hydrogen) atoms. The summed E-state index contributed by atoms with van der Waals surface area (Å²) in [5, 5.41) is 3.47. The van der Waals surface area contributed by atoms with Crippen LogP contribution in [0.3, 0.4) is 0 Å². The Kier molecular flexibility index (Phi) is 12.2. The van der Waals surface area contributed by atoms with Crippen LogP contribution in [0.2, 0.25) is 30.1 Å². The summed E-state index contributed by atoms with van der Waals surface area (Å²) in [6.07, 6.45) is -3.24. The average molecular weight is 890 g/mol. The predicted molar refractivity (Wildman–Crippen MR) is 212 cm³/mol. The van der Waals surface area contributed by atoms with Crippen LogP contribution in [0.1, 0.15) is 47.7 Å². The lowest BCUT2D eigenvalue weighted by Crippen LogP contribution is -2.41. The second-order valence-corrected chi connectivity index (χ2v) is 14.7. The van der Waals surface area contributed by atoms with Crippen molar-refractivity contribution >= 4 is 110 Å². The van der Waals surface area contributed by atoms with Crippen molar-refractivity contribution in [2.45, 2.75) is 24.5 Å². The number of esters is 3. The van der Waals surface area contributed by atoms with Gasteiger partial charge < -0.3 is 24.3 Å². The maximum Gasteiger partial charge on any atom is 0.340 e. The standard InChI is InChI=1S/C38H23Cl6N5O8/c39-19-6-9-22(25(42)12-19)36(51)54-15-28-30(56-37(52)23-10-7-20(40)13-26(23)43)31(57-38(53)24-11-8-21(41)14-27(24)44)35(55-28)49-17-47-29-32(45-16-46-33(29)49)48-34(50)18-4-2-1-3-5-18/h1-14,16-17,28,30-31,35H,15H2,(H,45,46,48,50)/t28-,30-,31-,35-/m1/s1. The number of hydrogen-bond acceptors (Lipinski definition) is 11. The summed E-state index contributed by atoms with van der Waals surface area (Å²) in [6, 6.07) is 20.9. The largest absolute Gasteiger partial charge is 0.459 e. The molecule has 1 saturated heterocycles. The van der Waals surface area contributed by atoms with Crippen molar-refractivity contribution in [3.05, 3.63) is 150 Å². The molecule has 4 aromatic carbocycles. The molecule has 7 rings (SSSR count). The van der Waals surface area contributed by atoms with E-state index in [2.05, 4.69) is 20.3 Å². The molecule has 19 heteroatoms. The summed E-state index contributed by atoms with van der Waals surface area (Å²) < 4.78 is 25.5. The van der Waals surface area contributed by atoms with E-state index in [0.29, 0.717) is 5.56 Å². The zero-order valence-corrected chi connectivity index (χ0v) is 33.1. The van der Waals surface area contributed by atoms with Crippen molar-refractivity contribution in [2.75, 3.05) is 11.9 Å². The Balaban J connectivity index is 1.28. The lowest BCUT2D eigenvalue weighted by Gasteiger charge is -2.25. The Labute approximate surface area is 352 Å². The zero-order chi connectivity index (χ0) is 40.4. The van der Waals surface area contributed by atoms with E-state index < -0.39 is 55.0 Å². The molecule has 290 valence electrons. The number of halogens is 6. The third kappa shape index (κ3) is 8.80. The molecule has 0 unspecified atom stereocenters. The van der Waals surface area contributed by atoms with Gasteiger partial charge in [0.2, 0.25) is 0 Å². The normalized spacial score (nSPS) is 17.6. The highest BCUT2D eigenvalue weighted by molar-refractivity contribution is 6.37. The number of carbonyl (C=O) groups excluding carboxylic acids is 4. The van der Waals surface area contributed by atoms with Gasteiger partial charge in [-0.15, -0.1) is 0 Å². The Morgan fingerprint density at radius 1 is 0.667 bits per heavy atom. The number of hydrogen-bond donors (Lipinski definition) is 1. The van der Waals surface area contributed by atoms with E-state index >= 15 is 0 Å². The molecule has 1 N–H and O–H groups in total. The highest BCUT2D eigenvalue weighted by atomic mass is 35.5. The van der Waals surface area contributed by atoms with Crippen LogP contribution in [-0.4, -0.2) is 68.3 Å². The fourth-order valence-electron chi connectivity index (χ4n) is 5.81. The fraction of sp³-hybridized carbons (Fsp3) is 0.132. The summed E-state index contributed by atoms with van der Waals surface area (Å²) in [5.74, 6) is -3.20. The Hall–Kier alpha value is -4.99. The first-order chi connectivity index (χ1) is 27.4. The second-order valence-electron chi connectivity index (χ2n) is 12.1. The van der Waals surface area contributed by atoms with Crippen LogP contribution < -0.4 is 5.32 Å². The highest BCUT2D eigenvalue weighted by Gasteiger charge is 2.52. The minimum atomic E-state index is -1.52. The van der Waals surface area contributed by atoms with Crippen LogP contribution >= 0.6 is 69.6 Å². The third-order valence-corrected chi connectivity index (χ3v) is 10.1. The van der Waals surface area contributed by atoms with Crippen molar-refractivity contribution in [1.82, 2.24) is 19.5 Å². The number of nitrogens with zero attached hydrogens (tertiary/aromatic N) is 4. The number of aromatic nitrogens is 4. The number of nitrogens with one attached hydrogen (secondary N) is 1. The number of ether oxygens (including phenoxy) is 4. The van der Waals surface area contributed by atoms with Crippen LogP contribution in [0.15, 0.2) is 97.6 Å². The lowest BCUT2D eigenvalue weighted by molar-refractivity contribution is -0.0606. The van der Waals surface area contributed by atoms with E-state index in [1.165, 1.54) is 71.8 Å². The van der Waals surface area contributed by atoms with Gasteiger partial charge in [0.15, 0.2) is 35.4 Å². The van der Waals surface area contributed by atoms with E-state index in [1.54, 1.807) is 30.3 Å². The third-order valence-electron chi connectivity index (χ3n) is 8.50. The maximum atomic E-state index is 13.8. The van der Waals surface area contributed by atoms with E-state index in [0.717, 1.165) is 0 Å². The van der Waals surface area contributed by atoms with Crippen molar-refractivity contribution in [2.24, 2.45) is 0 Å². The SMILES string of the molecule is O=C(Nc1ncnc2c1ncn2[C@@H]1O[C@H](COC(=O)c2ccc(Cl)cc2Cl)[C@@H](OC(=O)c2ccc(Cl)cc2Cl)[C@H]1OC(=O)c1ccc(Cl)cc1Cl)c1ccccc1. The Morgan fingerprint density at radius 2 is 1.21 bits per heavy atom. The first kappa shape index (κ1) is 40.2. The van der Waals surface area contributed by atoms with Gasteiger partial charge in [0, 0.05) is 20.6 Å². The first-order valence-electron chi connectivity index (χ1n) is 16.5. The number of benzene rings is 4. The highest BCUT2D eigenvalue weighted by Crippen LogP contribution is 2.38. The molecule has 1 amide bonds. The van der Waals surface area contributed by atoms with Gasteiger partial charge in [-0.25, -0.2) is 29.3 Å². The summed E-state index contributed by atoms with van der Waals surface area (Å²) in [5.41, 5.74) is 0.420. The van der Waals surface area contributed by atoms with Crippen LogP contribution in [-0.2, 0) is 18.9 Å². The van der Waals surface area contributed by atoms with Gasteiger partial charge in [0.1, 0.15) is 19.0 Å². The Morgan fingerprint density at radius 3 is 1.77 bits per heavy atom. The first-order valence-corrected chi connectivity index (χ1v) is 18.8. The molecule has 6 aromatic rings. The molecule has 1 fully saturated rings. The molecule has 0 radical (unpaired) electrons. The molecule has 0 spiro atoms. The summed E-state index contributed by atoms with van der Waals surface area (Å²) >= 11 is 37.2. The fourth-order valence-corrected chi connectivity index (χ4v) is 7.26. The number of rotatable bonds is 10. The summed E-state index contributed by atoms with van der Waals surface area (Å²) in [6.45, 7) is -0.559. The number of anilines is 1. The smallest absolute Gasteiger partial charge is 0.340 e. The van der Waals surface area contributed by atoms with Crippen LogP contribution in [0.4, 0.5) is 5.82 Å². The minimum absolute atomic E-state index is 0.0140. The molecule has 0 bridgehead atoms. The molecule has 0 aliphatic carbocycles. The average Bonchev–Trinajstić information content (AvgIpc) is 3.75. The molecule has 13 nitrogen and oxygen atoms in total. The maximum absolute atomic E-state index is 13.8. The van der Waals surface area contributed by atoms with Crippen LogP contribution in [0, 0.1) is 0 Å². The number of amides is 1. The van der Waals surface area contributed by atoms with E-state index in [1.807, 2.05) is 0 Å². The lowest BCUT2D eigenvalue weighted by atomic mass is 10.1. The predicted octanol–water partition coefficient (Wildman–Crippen LogP) is 9.20. The number of fused-ring (bicyclic) bond motifs is 1. The van der Waals surface area contributed by atoms with Gasteiger partial charge in [-0.2, -0.15) is 0 Å². The quantitative estimate of drug-likeness (QED) is 0.103. The molecular weight excluding hydrogens is 867 g/mol. The van der Waals surface area contributed by atoms with Gasteiger partial charge in [0.05, 0.1) is 38.1 Å². The van der Waals surface area contributed by atoms with Gasteiger partial charge in [-0.1, -0.05) is 87.8 Å². The zero-order valence-electron chi connectivity index (χ0n) is 28.6.